The zero-order chi connectivity index (χ0) is 20.3. The molecule has 0 aliphatic rings. The van der Waals surface area contributed by atoms with Crippen molar-refractivity contribution in [1.29, 1.82) is 0 Å². The Balaban J connectivity index is 1.47. The number of carbonyl (C=O) groups excluding carboxylic acids is 1. The molecule has 0 aromatic heterocycles. The lowest BCUT2D eigenvalue weighted by atomic mass is 9.99. The van der Waals surface area contributed by atoms with Gasteiger partial charge in [0.05, 0.1) is 12.6 Å². The highest BCUT2D eigenvalue weighted by Crippen LogP contribution is 2.18. The maximum atomic E-state index is 13.5. The zero-order valence-corrected chi connectivity index (χ0v) is 16.2. The monoisotopic (exact) mass is 392 g/mol. The van der Waals surface area contributed by atoms with Gasteiger partial charge in [-0.3, -0.25) is 4.79 Å². The first-order valence-corrected chi connectivity index (χ1v) is 9.68. The molecule has 150 valence electrons. The molecule has 3 aromatic carbocycles. The maximum Gasteiger partial charge on any atom is 0.234 e. The van der Waals surface area contributed by atoms with Gasteiger partial charge in [0.2, 0.25) is 5.91 Å². The normalized spacial score (nSPS) is 11.6. The highest BCUT2D eigenvalue weighted by molar-refractivity contribution is 5.78. The average Bonchev–Trinajstić information content (AvgIpc) is 2.76. The van der Waals surface area contributed by atoms with Crippen LogP contribution in [0, 0.1) is 5.82 Å². The molecule has 0 saturated heterocycles. The SMILES string of the molecule is O=C(CNCCOc1ccccc1F)N[C@H](Cc1ccccc1)c1ccccc1. The maximum absolute atomic E-state index is 13.5. The first-order valence-electron chi connectivity index (χ1n) is 9.68. The second-order valence-electron chi connectivity index (χ2n) is 6.68. The van der Waals surface area contributed by atoms with Gasteiger partial charge in [-0.1, -0.05) is 72.8 Å². The number of amides is 1. The van der Waals surface area contributed by atoms with Crippen LogP contribution >= 0.6 is 0 Å². The molecule has 0 saturated carbocycles. The van der Waals surface area contributed by atoms with Gasteiger partial charge >= 0.3 is 0 Å². The molecule has 1 amide bonds. The van der Waals surface area contributed by atoms with Gasteiger partial charge in [0.25, 0.3) is 0 Å². The van der Waals surface area contributed by atoms with E-state index in [1.165, 1.54) is 6.07 Å². The second-order valence-corrected chi connectivity index (χ2v) is 6.68. The smallest absolute Gasteiger partial charge is 0.234 e. The molecule has 0 unspecified atom stereocenters. The summed E-state index contributed by atoms with van der Waals surface area (Å²) in [7, 11) is 0. The number of ether oxygens (including phenoxy) is 1. The molecule has 0 bridgehead atoms. The summed E-state index contributed by atoms with van der Waals surface area (Å²) < 4.78 is 18.9. The fourth-order valence-electron chi connectivity index (χ4n) is 3.03. The van der Waals surface area contributed by atoms with E-state index in [1.54, 1.807) is 18.2 Å². The van der Waals surface area contributed by atoms with Crippen LogP contribution in [0.1, 0.15) is 17.2 Å². The first kappa shape index (κ1) is 20.6. The van der Waals surface area contributed by atoms with Crippen LogP contribution in [0.5, 0.6) is 5.75 Å². The van der Waals surface area contributed by atoms with Gasteiger partial charge in [-0.05, 0) is 29.7 Å². The highest BCUT2D eigenvalue weighted by Gasteiger charge is 2.15. The molecule has 0 fully saturated rings. The Labute approximate surface area is 170 Å². The number of nitrogens with one attached hydrogen (secondary N) is 2. The molecule has 4 nitrogen and oxygen atoms in total. The van der Waals surface area contributed by atoms with Crippen LogP contribution in [0.3, 0.4) is 0 Å². The molecular formula is C24H25FN2O2. The topological polar surface area (TPSA) is 50.4 Å². The second kappa shape index (κ2) is 11.0. The lowest BCUT2D eigenvalue weighted by molar-refractivity contribution is -0.121. The largest absolute Gasteiger partial charge is 0.489 e. The summed E-state index contributed by atoms with van der Waals surface area (Å²) in [4.78, 5) is 12.4. The Morgan fingerprint density at radius 1 is 0.897 bits per heavy atom. The average molecular weight is 392 g/mol. The van der Waals surface area contributed by atoms with Crippen molar-refractivity contribution in [2.75, 3.05) is 19.7 Å². The first-order chi connectivity index (χ1) is 14.2. The summed E-state index contributed by atoms with van der Waals surface area (Å²) >= 11 is 0. The number of hydrogen-bond acceptors (Lipinski definition) is 3. The van der Waals surface area contributed by atoms with Gasteiger partial charge in [0.15, 0.2) is 11.6 Å². The summed E-state index contributed by atoms with van der Waals surface area (Å²) in [5.74, 6) is -0.275. The van der Waals surface area contributed by atoms with Crippen LogP contribution in [-0.4, -0.2) is 25.6 Å². The van der Waals surface area contributed by atoms with Crippen LogP contribution < -0.4 is 15.4 Å². The number of halogens is 1. The van der Waals surface area contributed by atoms with Crippen molar-refractivity contribution in [3.63, 3.8) is 0 Å². The van der Waals surface area contributed by atoms with E-state index in [4.69, 9.17) is 4.74 Å². The molecule has 0 heterocycles. The summed E-state index contributed by atoms with van der Waals surface area (Å²) in [5, 5.41) is 6.13. The predicted octanol–water partition coefficient (Wildman–Crippen LogP) is 3.89. The van der Waals surface area contributed by atoms with Crippen molar-refractivity contribution in [2.45, 2.75) is 12.5 Å². The molecule has 0 aliphatic heterocycles. The Kier molecular flexibility index (Phi) is 7.78. The van der Waals surface area contributed by atoms with Gasteiger partial charge < -0.3 is 15.4 Å². The molecule has 0 aliphatic carbocycles. The van der Waals surface area contributed by atoms with E-state index in [1.807, 2.05) is 48.5 Å². The Morgan fingerprint density at radius 3 is 2.28 bits per heavy atom. The van der Waals surface area contributed by atoms with Crippen LogP contribution in [0.4, 0.5) is 4.39 Å². The van der Waals surface area contributed by atoms with E-state index in [0.29, 0.717) is 13.0 Å². The van der Waals surface area contributed by atoms with Gasteiger partial charge in [-0.25, -0.2) is 4.39 Å². The van der Waals surface area contributed by atoms with Crippen molar-refractivity contribution >= 4 is 5.91 Å². The van der Waals surface area contributed by atoms with Crippen LogP contribution in [0.25, 0.3) is 0 Å². The number of benzene rings is 3. The minimum Gasteiger partial charge on any atom is -0.489 e. The van der Waals surface area contributed by atoms with Crippen LogP contribution in [0.15, 0.2) is 84.9 Å². The number of carbonyl (C=O) groups is 1. The van der Waals surface area contributed by atoms with Gasteiger partial charge in [-0.2, -0.15) is 0 Å². The van der Waals surface area contributed by atoms with Crippen molar-refractivity contribution in [2.24, 2.45) is 0 Å². The Bertz CT molecular complexity index is 888. The Morgan fingerprint density at radius 2 is 1.55 bits per heavy atom. The third-order valence-electron chi connectivity index (χ3n) is 4.48. The standard InChI is InChI=1S/C24H25FN2O2/c25-21-13-7-8-14-23(21)29-16-15-26-18-24(28)27-22(20-11-5-2-6-12-20)17-19-9-3-1-4-10-19/h1-14,22,26H,15-18H2,(H,27,28)/t22-/m1/s1. The Hall–Kier alpha value is -3.18. The number of hydrogen-bond donors (Lipinski definition) is 2. The van der Waals surface area contributed by atoms with Crippen molar-refractivity contribution in [3.05, 3.63) is 102 Å². The van der Waals surface area contributed by atoms with Crippen molar-refractivity contribution in [3.8, 4) is 5.75 Å². The highest BCUT2D eigenvalue weighted by atomic mass is 19.1. The molecule has 0 spiro atoms. The number of para-hydroxylation sites is 1. The fourth-order valence-corrected chi connectivity index (χ4v) is 3.03. The minimum absolute atomic E-state index is 0.0966. The molecular weight excluding hydrogens is 367 g/mol. The number of rotatable bonds is 10. The fraction of sp³-hybridized carbons (Fsp3) is 0.208. The molecule has 0 radical (unpaired) electrons. The summed E-state index contributed by atoms with van der Waals surface area (Å²) in [6, 6.07) is 26.2. The molecule has 2 N–H and O–H groups in total. The lowest BCUT2D eigenvalue weighted by Crippen LogP contribution is -2.38. The van der Waals surface area contributed by atoms with Crippen molar-refractivity contribution in [1.82, 2.24) is 10.6 Å². The van der Waals surface area contributed by atoms with Crippen molar-refractivity contribution < 1.29 is 13.9 Å². The summed E-state index contributed by atoms with van der Waals surface area (Å²) in [5.41, 5.74) is 2.22. The quantitative estimate of drug-likeness (QED) is 0.515. The van der Waals surface area contributed by atoms with Crippen LogP contribution in [-0.2, 0) is 11.2 Å². The zero-order valence-electron chi connectivity index (χ0n) is 16.2. The molecule has 1 atom stereocenters. The van der Waals surface area contributed by atoms with E-state index in [0.717, 1.165) is 11.1 Å². The summed E-state index contributed by atoms with van der Waals surface area (Å²) in [6.45, 7) is 0.884. The van der Waals surface area contributed by atoms with Gasteiger partial charge in [-0.15, -0.1) is 0 Å². The van der Waals surface area contributed by atoms with Gasteiger partial charge in [0, 0.05) is 6.54 Å². The van der Waals surface area contributed by atoms with E-state index in [9.17, 15) is 9.18 Å². The van der Waals surface area contributed by atoms with E-state index < -0.39 is 5.82 Å². The molecule has 3 aromatic rings. The molecule has 29 heavy (non-hydrogen) atoms. The van der Waals surface area contributed by atoms with Gasteiger partial charge in [0.1, 0.15) is 6.61 Å². The molecule has 5 heteroatoms. The third-order valence-corrected chi connectivity index (χ3v) is 4.48. The summed E-state index contributed by atoms with van der Waals surface area (Å²) in [6.07, 6.45) is 0.715. The van der Waals surface area contributed by atoms with E-state index >= 15 is 0 Å². The minimum atomic E-state index is -0.392. The third kappa shape index (κ3) is 6.73. The predicted molar refractivity (Wildman–Crippen MR) is 112 cm³/mol. The van der Waals surface area contributed by atoms with E-state index in [2.05, 4.69) is 22.8 Å². The van der Waals surface area contributed by atoms with Crippen LogP contribution in [0.2, 0.25) is 0 Å². The van der Waals surface area contributed by atoms with E-state index in [-0.39, 0.29) is 30.9 Å². The lowest BCUT2D eigenvalue weighted by Gasteiger charge is -2.20. The molecule has 3 rings (SSSR count).